The average Bonchev–Trinajstić information content (AvgIpc) is 2.56. The number of nitrogens with zero attached hydrogens (tertiary/aromatic N) is 1. The van der Waals surface area contributed by atoms with Crippen LogP contribution in [0.4, 0.5) is 18.9 Å². The van der Waals surface area contributed by atoms with Gasteiger partial charge in [0.2, 0.25) is 5.91 Å². The summed E-state index contributed by atoms with van der Waals surface area (Å²) in [5.74, 6) is 0.133. The number of hydrogen-bond acceptors (Lipinski definition) is 4. The predicted octanol–water partition coefficient (Wildman–Crippen LogP) is 3.53. The van der Waals surface area contributed by atoms with Gasteiger partial charge in [0.1, 0.15) is 18.1 Å². The summed E-state index contributed by atoms with van der Waals surface area (Å²) in [6.07, 6.45) is -4.74. The van der Waals surface area contributed by atoms with Crippen LogP contribution in [0.25, 0.3) is 0 Å². The van der Waals surface area contributed by atoms with Crippen molar-refractivity contribution in [3.8, 4) is 11.5 Å². The first-order valence-electron chi connectivity index (χ1n) is 7.84. The van der Waals surface area contributed by atoms with Crippen LogP contribution < -0.4 is 14.8 Å². The highest BCUT2D eigenvalue weighted by Crippen LogP contribution is 2.23. The van der Waals surface area contributed by atoms with Crippen molar-refractivity contribution in [3.63, 3.8) is 0 Å². The molecule has 0 aromatic heterocycles. The molecule has 140 valence electrons. The average molecular weight is 368 g/mol. The summed E-state index contributed by atoms with van der Waals surface area (Å²) in [4.78, 5) is 13.7. The molecule has 5 nitrogen and oxygen atoms in total. The van der Waals surface area contributed by atoms with Gasteiger partial charge < -0.3 is 14.8 Å². The monoisotopic (exact) mass is 368 g/mol. The number of likely N-dealkylation sites (N-methyl/N-ethyl adjacent to an activating group) is 1. The first-order valence-corrected chi connectivity index (χ1v) is 7.84. The van der Waals surface area contributed by atoms with Gasteiger partial charge in [0.05, 0.1) is 6.54 Å². The molecule has 8 heteroatoms. The molecule has 0 spiro atoms. The van der Waals surface area contributed by atoms with Gasteiger partial charge in [-0.3, -0.25) is 9.69 Å². The fourth-order valence-corrected chi connectivity index (χ4v) is 2.10. The van der Waals surface area contributed by atoms with Gasteiger partial charge in [-0.25, -0.2) is 0 Å². The first-order chi connectivity index (χ1) is 12.3. The van der Waals surface area contributed by atoms with E-state index in [4.69, 9.17) is 4.74 Å². The molecule has 1 N–H and O–H groups in total. The molecule has 0 radical (unpaired) electrons. The second kappa shape index (κ2) is 9.10. The smallest absolute Gasteiger partial charge is 0.492 e. The molecule has 0 fully saturated rings. The van der Waals surface area contributed by atoms with Gasteiger partial charge in [-0.2, -0.15) is 0 Å². The van der Waals surface area contributed by atoms with Gasteiger partial charge in [-0.15, -0.1) is 13.2 Å². The van der Waals surface area contributed by atoms with Crippen LogP contribution in [-0.2, 0) is 4.79 Å². The molecule has 0 heterocycles. The van der Waals surface area contributed by atoms with Crippen LogP contribution in [0.15, 0.2) is 54.6 Å². The van der Waals surface area contributed by atoms with Crippen molar-refractivity contribution >= 4 is 11.6 Å². The van der Waals surface area contributed by atoms with E-state index in [1.807, 2.05) is 30.3 Å². The Bertz CT molecular complexity index is 691. The number of rotatable bonds is 8. The quantitative estimate of drug-likeness (QED) is 0.775. The fraction of sp³-hybridized carbons (Fsp3) is 0.278. The van der Waals surface area contributed by atoms with Gasteiger partial charge in [0.15, 0.2) is 0 Å². The number of ether oxygens (including phenoxy) is 2. The molecular formula is C18H19F3N2O3. The van der Waals surface area contributed by atoms with Gasteiger partial charge in [-0.1, -0.05) is 18.2 Å². The van der Waals surface area contributed by atoms with E-state index in [9.17, 15) is 18.0 Å². The minimum absolute atomic E-state index is 0.124. The molecule has 2 aromatic rings. The number of carbonyl (C=O) groups excluding carboxylic acids is 1. The Morgan fingerprint density at radius 3 is 2.31 bits per heavy atom. The summed E-state index contributed by atoms with van der Waals surface area (Å²) in [6.45, 7) is 1.09. The van der Waals surface area contributed by atoms with E-state index < -0.39 is 6.36 Å². The molecule has 0 saturated heterocycles. The van der Waals surface area contributed by atoms with Crippen LogP contribution in [-0.4, -0.2) is 43.9 Å². The van der Waals surface area contributed by atoms with Crippen LogP contribution in [0.5, 0.6) is 11.5 Å². The Hall–Kier alpha value is -2.74. The van der Waals surface area contributed by atoms with Gasteiger partial charge in [-0.05, 0) is 43.4 Å². The van der Waals surface area contributed by atoms with Crippen molar-refractivity contribution < 1.29 is 27.4 Å². The van der Waals surface area contributed by atoms with Gasteiger partial charge in [0.25, 0.3) is 0 Å². The van der Waals surface area contributed by atoms with Crippen molar-refractivity contribution in [2.45, 2.75) is 6.36 Å². The van der Waals surface area contributed by atoms with E-state index in [1.54, 1.807) is 11.9 Å². The molecule has 26 heavy (non-hydrogen) atoms. The lowest BCUT2D eigenvalue weighted by molar-refractivity contribution is -0.274. The zero-order valence-corrected chi connectivity index (χ0v) is 14.1. The first kappa shape index (κ1) is 19.6. The Kier molecular flexibility index (Phi) is 6.85. The molecule has 2 rings (SSSR count). The number of benzene rings is 2. The number of halogens is 3. The maximum Gasteiger partial charge on any atom is 0.573 e. The van der Waals surface area contributed by atoms with Crippen molar-refractivity contribution in [3.05, 3.63) is 54.6 Å². The third-order valence-electron chi connectivity index (χ3n) is 3.27. The van der Waals surface area contributed by atoms with Crippen LogP contribution in [0, 0.1) is 0 Å². The van der Waals surface area contributed by atoms with Crippen LogP contribution in [0.2, 0.25) is 0 Å². The zero-order chi connectivity index (χ0) is 19.0. The zero-order valence-electron chi connectivity index (χ0n) is 14.1. The van der Waals surface area contributed by atoms with Gasteiger partial charge >= 0.3 is 6.36 Å². The normalized spacial score (nSPS) is 11.3. The van der Waals surface area contributed by atoms with E-state index in [2.05, 4.69) is 10.1 Å². The number of carbonyl (C=O) groups is 1. The molecule has 2 aromatic carbocycles. The van der Waals surface area contributed by atoms with Crippen LogP contribution in [0.3, 0.4) is 0 Å². The highest BCUT2D eigenvalue weighted by Gasteiger charge is 2.30. The number of hydrogen-bond donors (Lipinski definition) is 1. The highest BCUT2D eigenvalue weighted by molar-refractivity contribution is 5.92. The van der Waals surface area contributed by atoms with Crippen molar-refractivity contribution in [1.82, 2.24) is 4.90 Å². The molecule has 0 bridgehead atoms. The fourth-order valence-electron chi connectivity index (χ4n) is 2.10. The Balaban J connectivity index is 1.72. The van der Waals surface area contributed by atoms with E-state index in [0.29, 0.717) is 18.8 Å². The van der Waals surface area contributed by atoms with Crippen molar-refractivity contribution in [1.29, 1.82) is 0 Å². The SMILES string of the molecule is CN(CCOc1ccccc1)CC(=O)Nc1ccc(OC(F)(F)F)cc1. The molecule has 0 aliphatic rings. The van der Waals surface area contributed by atoms with E-state index >= 15 is 0 Å². The van der Waals surface area contributed by atoms with E-state index in [0.717, 1.165) is 17.9 Å². The molecule has 0 aliphatic heterocycles. The summed E-state index contributed by atoms with van der Waals surface area (Å²) < 4.78 is 45.6. The topological polar surface area (TPSA) is 50.8 Å². The lowest BCUT2D eigenvalue weighted by Gasteiger charge is -2.17. The molecule has 0 saturated carbocycles. The van der Waals surface area contributed by atoms with Crippen LogP contribution >= 0.6 is 0 Å². The van der Waals surface area contributed by atoms with Crippen LogP contribution in [0.1, 0.15) is 0 Å². The molecule has 1 amide bonds. The summed E-state index contributed by atoms with van der Waals surface area (Å²) in [7, 11) is 1.77. The third-order valence-corrected chi connectivity index (χ3v) is 3.27. The molecular weight excluding hydrogens is 349 g/mol. The Labute approximate surface area is 149 Å². The standard InChI is InChI=1S/C18H19F3N2O3/c1-23(11-12-25-15-5-3-2-4-6-15)13-17(24)22-14-7-9-16(10-8-14)26-18(19,20)21/h2-10H,11-13H2,1H3,(H,22,24). The highest BCUT2D eigenvalue weighted by atomic mass is 19.4. The number of nitrogens with one attached hydrogen (secondary N) is 1. The third kappa shape index (κ3) is 7.43. The number of alkyl halides is 3. The summed E-state index contributed by atoms with van der Waals surface area (Å²) in [5.41, 5.74) is 0.387. The second-order valence-corrected chi connectivity index (χ2v) is 5.52. The maximum absolute atomic E-state index is 12.1. The summed E-state index contributed by atoms with van der Waals surface area (Å²) >= 11 is 0. The number of anilines is 1. The Morgan fingerprint density at radius 2 is 1.69 bits per heavy atom. The van der Waals surface area contributed by atoms with E-state index in [1.165, 1.54) is 12.1 Å². The van der Waals surface area contributed by atoms with Gasteiger partial charge in [0, 0.05) is 12.2 Å². The molecule has 0 aliphatic carbocycles. The van der Waals surface area contributed by atoms with Crippen molar-refractivity contribution in [2.75, 3.05) is 32.1 Å². The lowest BCUT2D eigenvalue weighted by atomic mass is 10.3. The minimum atomic E-state index is -4.74. The molecule has 0 atom stereocenters. The maximum atomic E-state index is 12.1. The van der Waals surface area contributed by atoms with Crippen molar-refractivity contribution in [2.24, 2.45) is 0 Å². The molecule has 0 unspecified atom stereocenters. The number of para-hydroxylation sites is 1. The largest absolute Gasteiger partial charge is 0.573 e. The van der Waals surface area contributed by atoms with E-state index in [-0.39, 0.29) is 18.2 Å². The minimum Gasteiger partial charge on any atom is -0.492 e. The summed E-state index contributed by atoms with van der Waals surface area (Å²) in [5, 5.41) is 2.61. The lowest BCUT2D eigenvalue weighted by Crippen LogP contribution is -2.33. The predicted molar refractivity (Wildman–Crippen MR) is 91.2 cm³/mol. The number of amides is 1. The summed E-state index contributed by atoms with van der Waals surface area (Å²) in [6, 6.07) is 14.3. The second-order valence-electron chi connectivity index (χ2n) is 5.52. The Morgan fingerprint density at radius 1 is 1.04 bits per heavy atom.